The molecule has 0 spiro atoms. The van der Waals surface area contributed by atoms with Gasteiger partial charge in [0.05, 0.1) is 7.11 Å². The molecule has 0 amide bonds. The van der Waals surface area contributed by atoms with Crippen LogP contribution in [0.5, 0.6) is 5.75 Å². The van der Waals surface area contributed by atoms with Gasteiger partial charge in [-0.1, -0.05) is 19.9 Å². The second-order valence-corrected chi connectivity index (χ2v) is 5.28. The SMILES string of the molecule is COc1cc(C)c(CNCC(C)N)cc1C(C)C. The lowest BCUT2D eigenvalue weighted by atomic mass is 9.96. The number of nitrogens with two attached hydrogens (primary N) is 1. The molecular formula is C15H26N2O. The Morgan fingerprint density at radius 1 is 1.28 bits per heavy atom. The van der Waals surface area contributed by atoms with E-state index in [0.717, 1.165) is 18.8 Å². The topological polar surface area (TPSA) is 47.3 Å². The molecule has 3 nitrogen and oxygen atoms in total. The molecule has 0 saturated carbocycles. The molecule has 1 rings (SSSR count). The van der Waals surface area contributed by atoms with Gasteiger partial charge < -0.3 is 15.8 Å². The Bertz CT molecular complexity index is 386. The summed E-state index contributed by atoms with van der Waals surface area (Å²) in [7, 11) is 1.73. The fourth-order valence-corrected chi connectivity index (χ4v) is 2.00. The van der Waals surface area contributed by atoms with Gasteiger partial charge in [0.25, 0.3) is 0 Å². The van der Waals surface area contributed by atoms with E-state index in [0.29, 0.717) is 5.92 Å². The van der Waals surface area contributed by atoms with Gasteiger partial charge in [-0.25, -0.2) is 0 Å². The molecule has 0 saturated heterocycles. The quantitative estimate of drug-likeness (QED) is 0.815. The molecule has 0 aliphatic rings. The fraction of sp³-hybridized carbons (Fsp3) is 0.600. The molecule has 1 aromatic rings. The number of hydrogen-bond donors (Lipinski definition) is 2. The first-order valence-electron chi connectivity index (χ1n) is 6.59. The van der Waals surface area contributed by atoms with Crippen molar-refractivity contribution in [2.75, 3.05) is 13.7 Å². The molecule has 1 unspecified atom stereocenters. The Labute approximate surface area is 111 Å². The maximum Gasteiger partial charge on any atom is 0.122 e. The van der Waals surface area contributed by atoms with Crippen molar-refractivity contribution < 1.29 is 4.74 Å². The Hall–Kier alpha value is -1.06. The fourth-order valence-electron chi connectivity index (χ4n) is 2.00. The van der Waals surface area contributed by atoms with Crippen LogP contribution in [0.4, 0.5) is 0 Å². The first-order chi connectivity index (χ1) is 8.45. The van der Waals surface area contributed by atoms with Crippen LogP contribution in [0.15, 0.2) is 12.1 Å². The minimum absolute atomic E-state index is 0.188. The van der Waals surface area contributed by atoms with Crippen LogP contribution >= 0.6 is 0 Å². The van der Waals surface area contributed by atoms with E-state index in [4.69, 9.17) is 10.5 Å². The highest BCUT2D eigenvalue weighted by molar-refractivity contribution is 5.43. The van der Waals surface area contributed by atoms with Crippen LogP contribution in [-0.4, -0.2) is 19.7 Å². The van der Waals surface area contributed by atoms with E-state index in [1.165, 1.54) is 16.7 Å². The standard InChI is InChI=1S/C15H26N2O/c1-10(2)14-7-13(9-17-8-12(4)16)11(3)6-15(14)18-5/h6-7,10,12,17H,8-9,16H2,1-5H3. The molecule has 102 valence electrons. The second-order valence-electron chi connectivity index (χ2n) is 5.28. The van der Waals surface area contributed by atoms with Gasteiger partial charge >= 0.3 is 0 Å². The van der Waals surface area contributed by atoms with E-state index in [-0.39, 0.29) is 6.04 Å². The molecule has 0 radical (unpaired) electrons. The average molecular weight is 250 g/mol. The molecular weight excluding hydrogens is 224 g/mol. The van der Waals surface area contributed by atoms with Gasteiger partial charge in [0.1, 0.15) is 5.75 Å². The average Bonchev–Trinajstić information content (AvgIpc) is 2.29. The summed E-state index contributed by atoms with van der Waals surface area (Å²) < 4.78 is 5.44. The molecule has 3 heteroatoms. The maximum absolute atomic E-state index is 5.74. The molecule has 0 aliphatic carbocycles. The van der Waals surface area contributed by atoms with Crippen molar-refractivity contribution in [3.8, 4) is 5.75 Å². The minimum Gasteiger partial charge on any atom is -0.496 e. The third-order valence-corrected chi connectivity index (χ3v) is 3.09. The highest BCUT2D eigenvalue weighted by Crippen LogP contribution is 2.29. The predicted octanol–water partition coefficient (Wildman–Crippen LogP) is 2.56. The van der Waals surface area contributed by atoms with Crippen molar-refractivity contribution in [1.82, 2.24) is 5.32 Å². The smallest absolute Gasteiger partial charge is 0.122 e. The van der Waals surface area contributed by atoms with Gasteiger partial charge in [0, 0.05) is 19.1 Å². The van der Waals surface area contributed by atoms with E-state index < -0.39 is 0 Å². The van der Waals surface area contributed by atoms with E-state index in [9.17, 15) is 0 Å². The zero-order valence-electron chi connectivity index (χ0n) is 12.2. The summed E-state index contributed by atoms with van der Waals surface area (Å²) in [6.07, 6.45) is 0. The normalized spacial score (nSPS) is 12.8. The van der Waals surface area contributed by atoms with Crippen LogP contribution < -0.4 is 15.8 Å². The summed E-state index contributed by atoms with van der Waals surface area (Å²) >= 11 is 0. The van der Waals surface area contributed by atoms with E-state index in [1.54, 1.807) is 7.11 Å². The third-order valence-electron chi connectivity index (χ3n) is 3.09. The van der Waals surface area contributed by atoms with Crippen LogP contribution in [0.2, 0.25) is 0 Å². The molecule has 1 aromatic carbocycles. The summed E-state index contributed by atoms with van der Waals surface area (Å²) in [6, 6.07) is 4.55. The highest BCUT2D eigenvalue weighted by atomic mass is 16.5. The monoisotopic (exact) mass is 250 g/mol. The molecule has 0 bridgehead atoms. The van der Waals surface area contributed by atoms with Gasteiger partial charge in [-0.2, -0.15) is 0 Å². The van der Waals surface area contributed by atoms with Crippen molar-refractivity contribution in [2.45, 2.75) is 46.2 Å². The number of methoxy groups -OCH3 is 1. The Morgan fingerprint density at radius 3 is 2.44 bits per heavy atom. The minimum atomic E-state index is 0.188. The molecule has 3 N–H and O–H groups in total. The second kappa shape index (κ2) is 6.76. The van der Waals surface area contributed by atoms with Crippen molar-refractivity contribution in [3.63, 3.8) is 0 Å². The molecule has 0 aromatic heterocycles. The van der Waals surface area contributed by atoms with Gasteiger partial charge in [-0.3, -0.25) is 0 Å². The summed E-state index contributed by atoms with van der Waals surface area (Å²) in [5.41, 5.74) is 9.58. The lowest BCUT2D eigenvalue weighted by molar-refractivity contribution is 0.407. The number of benzene rings is 1. The van der Waals surface area contributed by atoms with Gasteiger partial charge in [-0.05, 0) is 42.5 Å². The largest absolute Gasteiger partial charge is 0.496 e. The highest BCUT2D eigenvalue weighted by Gasteiger charge is 2.11. The Balaban J connectivity index is 2.88. The Morgan fingerprint density at radius 2 is 1.94 bits per heavy atom. The first kappa shape index (κ1) is 15.0. The van der Waals surface area contributed by atoms with Crippen LogP contribution in [-0.2, 0) is 6.54 Å². The zero-order valence-corrected chi connectivity index (χ0v) is 12.2. The molecule has 18 heavy (non-hydrogen) atoms. The van der Waals surface area contributed by atoms with Crippen molar-refractivity contribution >= 4 is 0 Å². The molecule has 1 atom stereocenters. The number of rotatable bonds is 6. The summed E-state index contributed by atoms with van der Waals surface area (Å²) in [5.74, 6) is 1.45. The van der Waals surface area contributed by atoms with Crippen molar-refractivity contribution in [1.29, 1.82) is 0 Å². The number of ether oxygens (including phenoxy) is 1. The zero-order chi connectivity index (χ0) is 13.7. The van der Waals surface area contributed by atoms with E-state index in [1.807, 2.05) is 6.92 Å². The van der Waals surface area contributed by atoms with Gasteiger partial charge in [0.15, 0.2) is 0 Å². The van der Waals surface area contributed by atoms with E-state index in [2.05, 4.69) is 38.2 Å². The van der Waals surface area contributed by atoms with Gasteiger partial charge in [-0.15, -0.1) is 0 Å². The number of aryl methyl sites for hydroxylation is 1. The van der Waals surface area contributed by atoms with Crippen LogP contribution in [0.25, 0.3) is 0 Å². The van der Waals surface area contributed by atoms with E-state index >= 15 is 0 Å². The van der Waals surface area contributed by atoms with Gasteiger partial charge in [0.2, 0.25) is 0 Å². The maximum atomic E-state index is 5.74. The summed E-state index contributed by atoms with van der Waals surface area (Å²) in [5, 5.41) is 3.38. The lowest BCUT2D eigenvalue weighted by Gasteiger charge is -2.17. The van der Waals surface area contributed by atoms with Crippen LogP contribution in [0.3, 0.4) is 0 Å². The van der Waals surface area contributed by atoms with Crippen LogP contribution in [0.1, 0.15) is 43.4 Å². The summed E-state index contributed by atoms with van der Waals surface area (Å²) in [6.45, 7) is 10.2. The molecule has 0 aliphatic heterocycles. The number of nitrogens with one attached hydrogen (secondary N) is 1. The Kier molecular flexibility index (Phi) is 5.63. The van der Waals surface area contributed by atoms with Crippen molar-refractivity contribution in [3.05, 3.63) is 28.8 Å². The first-order valence-corrected chi connectivity index (χ1v) is 6.59. The molecule has 0 fully saturated rings. The third kappa shape index (κ3) is 4.00. The van der Waals surface area contributed by atoms with Crippen molar-refractivity contribution in [2.24, 2.45) is 5.73 Å². The summed E-state index contributed by atoms with van der Waals surface area (Å²) in [4.78, 5) is 0. The number of hydrogen-bond acceptors (Lipinski definition) is 3. The lowest BCUT2D eigenvalue weighted by Crippen LogP contribution is -2.30. The predicted molar refractivity (Wildman–Crippen MR) is 77.2 cm³/mol. The molecule has 0 heterocycles. The van der Waals surface area contributed by atoms with Crippen LogP contribution in [0, 0.1) is 6.92 Å².